The number of nitrogens with one attached hydrogen (secondary N) is 1. The number of hydrogen-bond donors (Lipinski definition) is 1. The van der Waals surface area contributed by atoms with Gasteiger partial charge in [-0.15, -0.1) is 0 Å². The Morgan fingerprint density at radius 3 is 2.87 bits per heavy atom. The number of aromatic nitrogens is 2. The first-order valence-corrected chi connectivity index (χ1v) is 7.86. The maximum absolute atomic E-state index is 6.03. The molecule has 4 aromatic rings. The summed E-state index contributed by atoms with van der Waals surface area (Å²) in [6.07, 6.45) is 3.96. The summed E-state index contributed by atoms with van der Waals surface area (Å²) in [5, 5.41) is 4.73. The molecule has 0 radical (unpaired) electrons. The molecule has 4 nitrogen and oxygen atoms in total. The van der Waals surface area contributed by atoms with Gasteiger partial charge in [0.15, 0.2) is 0 Å². The van der Waals surface area contributed by atoms with Crippen molar-refractivity contribution < 1.29 is 4.42 Å². The van der Waals surface area contributed by atoms with Crippen molar-refractivity contribution in [3.8, 4) is 0 Å². The first-order valence-electron chi connectivity index (χ1n) is 7.86. The molecule has 1 N–H and O–H groups in total. The van der Waals surface area contributed by atoms with Gasteiger partial charge in [0.1, 0.15) is 17.0 Å². The zero-order chi connectivity index (χ0) is 15.8. The lowest BCUT2D eigenvalue weighted by atomic mass is 10.1. The van der Waals surface area contributed by atoms with Gasteiger partial charge in [-0.05, 0) is 37.6 Å². The van der Waals surface area contributed by atoms with Gasteiger partial charge in [0, 0.05) is 18.1 Å². The molecule has 23 heavy (non-hydrogen) atoms. The van der Waals surface area contributed by atoms with Gasteiger partial charge in [0.05, 0.1) is 17.9 Å². The Labute approximate surface area is 134 Å². The minimum absolute atomic E-state index is 0.136. The van der Waals surface area contributed by atoms with Gasteiger partial charge < -0.3 is 14.1 Å². The smallest absolute Gasteiger partial charge is 0.136 e. The molecule has 116 valence electrons. The van der Waals surface area contributed by atoms with Crippen LogP contribution in [0.1, 0.15) is 30.0 Å². The summed E-state index contributed by atoms with van der Waals surface area (Å²) in [5.74, 6) is 1.00. The van der Waals surface area contributed by atoms with E-state index in [2.05, 4.69) is 34.6 Å². The highest BCUT2D eigenvalue weighted by molar-refractivity contribution is 5.82. The third-order valence-corrected chi connectivity index (χ3v) is 4.36. The Morgan fingerprint density at radius 1 is 1.17 bits per heavy atom. The Kier molecular flexibility index (Phi) is 3.39. The van der Waals surface area contributed by atoms with E-state index in [-0.39, 0.29) is 6.04 Å². The number of benzene rings is 1. The standard InChI is InChI=1S/C19H19N3O/c1-13-16-7-3-4-8-17(16)23-19(13)14(2)20-11-15-12-21-18-9-5-6-10-22(15)18/h3-10,12,14,20H,11H2,1-2H3. The van der Waals surface area contributed by atoms with Crippen LogP contribution in [0.25, 0.3) is 16.6 Å². The quantitative estimate of drug-likeness (QED) is 0.613. The van der Waals surface area contributed by atoms with E-state index in [0.717, 1.165) is 29.2 Å². The van der Waals surface area contributed by atoms with Crippen LogP contribution in [-0.2, 0) is 6.54 Å². The number of para-hydroxylation sites is 1. The molecule has 0 saturated carbocycles. The number of pyridine rings is 1. The molecule has 1 atom stereocenters. The third-order valence-electron chi connectivity index (χ3n) is 4.36. The van der Waals surface area contributed by atoms with Gasteiger partial charge in [0.2, 0.25) is 0 Å². The second kappa shape index (κ2) is 5.56. The molecule has 0 bridgehead atoms. The van der Waals surface area contributed by atoms with E-state index in [9.17, 15) is 0 Å². The van der Waals surface area contributed by atoms with Crippen molar-refractivity contribution in [1.29, 1.82) is 0 Å². The van der Waals surface area contributed by atoms with Crippen LogP contribution in [0, 0.1) is 6.92 Å². The van der Waals surface area contributed by atoms with E-state index in [1.807, 2.05) is 48.8 Å². The van der Waals surface area contributed by atoms with Crippen LogP contribution in [-0.4, -0.2) is 9.38 Å². The van der Waals surface area contributed by atoms with Gasteiger partial charge in [-0.3, -0.25) is 0 Å². The monoisotopic (exact) mass is 305 g/mol. The SMILES string of the molecule is Cc1c(C(C)NCc2cnc3ccccn23)oc2ccccc12. The molecular weight excluding hydrogens is 286 g/mol. The van der Waals surface area contributed by atoms with E-state index in [4.69, 9.17) is 4.42 Å². The van der Waals surface area contributed by atoms with Crippen molar-refractivity contribution in [2.45, 2.75) is 26.4 Å². The molecule has 3 heterocycles. The van der Waals surface area contributed by atoms with Crippen LogP contribution in [0.15, 0.2) is 59.3 Å². The molecule has 0 spiro atoms. The van der Waals surface area contributed by atoms with Crippen LogP contribution in [0.4, 0.5) is 0 Å². The maximum Gasteiger partial charge on any atom is 0.136 e. The molecule has 4 rings (SSSR count). The number of furan rings is 1. The number of fused-ring (bicyclic) bond motifs is 2. The molecule has 3 aromatic heterocycles. The van der Waals surface area contributed by atoms with E-state index in [0.29, 0.717) is 0 Å². The van der Waals surface area contributed by atoms with E-state index in [1.165, 1.54) is 10.9 Å². The van der Waals surface area contributed by atoms with Crippen molar-refractivity contribution >= 4 is 16.6 Å². The Balaban J connectivity index is 1.57. The molecule has 1 aromatic carbocycles. The molecular formula is C19H19N3O. The average molecular weight is 305 g/mol. The lowest BCUT2D eigenvalue weighted by molar-refractivity contribution is 0.445. The zero-order valence-corrected chi connectivity index (χ0v) is 13.3. The second-order valence-electron chi connectivity index (χ2n) is 5.87. The summed E-state index contributed by atoms with van der Waals surface area (Å²) >= 11 is 0. The van der Waals surface area contributed by atoms with Crippen molar-refractivity contribution in [1.82, 2.24) is 14.7 Å². The van der Waals surface area contributed by atoms with Crippen molar-refractivity contribution in [3.63, 3.8) is 0 Å². The number of rotatable bonds is 4. The summed E-state index contributed by atoms with van der Waals surface area (Å²) in [7, 11) is 0. The fraction of sp³-hybridized carbons (Fsp3) is 0.211. The minimum atomic E-state index is 0.136. The van der Waals surface area contributed by atoms with Gasteiger partial charge >= 0.3 is 0 Å². The highest BCUT2D eigenvalue weighted by Gasteiger charge is 2.16. The van der Waals surface area contributed by atoms with Crippen LogP contribution in [0.2, 0.25) is 0 Å². The van der Waals surface area contributed by atoms with Crippen molar-refractivity contribution in [2.24, 2.45) is 0 Å². The fourth-order valence-electron chi connectivity index (χ4n) is 3.07. The Morgan fingerprint density at radius 2 is 2.00 bits per heavy atom. The highest BCUT2D eigenvalue weighted by atomic mass is 16.3. The van der Waals surface area contributed by atoms with Gasteiger partial charge in [0.25, 0.3) is 0 Å². The molecule has 0 aliphatic heterocycles. The summed E-state index contributed by atoms with van der Waals surface area (Å²) < 4.78 is 8.14. The fourth-order valence-corrected chi connectivity index (χ4v) is 3.07. The molecule has 0 amide bonds. The second-order valence-corrected chi connectivity index (χ2v) is 5.87. The summed E-state index contributed by atoms with van der Waals surface area (Å²) in [6.45, 7) is 4.99. The number of hydrogen-bond acceptors (Lipinski definition) is 3. The first-order chi connectivity index (χ1) is 11.2. The Bertz CT molecular complexity index is 967. The average Bonchev–Trinajstić information content (AvgIpc) is 3.15. The predicted octanol–water partition coefficient (Wildman–Crippen LogP) is 4.24. The van der Waals surface area contributed by atoms with Crippen molar-refractivity contribution in [2.75, 3.05) is 0 Å². The molecule has 0 fully saturated rings. The molecule has 0 aliphatic rings. The van der Waals surface area contributed by atoms with Crippen LogP contribution in [0.5, 0.6) is 0 Å². The number of aryl methyl sites for hydroxylation is 1. The van der Waals surface area contributed by atoms with Gasteiger partial charge in [-0.25, -0.2) is 4.98 Å². The Hall–Kier alpha value is -2.59. The lowest BCUT2D eigenvalue weighted by Gasteiger charge is -2.12. The minimum Gasteiger partial charge on any atom is -0.459 e. The summed E-state index contributed by atoms with van der Waals surface area (Å²) in [5.41, 5.74) is 4.26. The third kappa shape index (κ3) is 2.41. The molecule has 4 heteroatoms. The largest absolute Gasteiger partial charge is 0.459 e. The predicted molar refractivity (Wildman–Crippen MR) is 91.4 cm³/mol. The summed E-state index contributed by atoms with van der Waals surface area (Å²) in [4.78, 5) is 4.42. The van der Waals surface area contributed by atoms with E-state index < -0.39 is 0 Å². The topological polar surface area (TPSA) is 42.5 Å². The maximum atomic E-state index is 6.03. The normalized spacial score (nSPS) is 13.0. The van der Waals surface area contributed by atoms with Crippen molar-refractivity contribution in [3.05, 3.63) is 71.9 Å². The first kappa shape index (κ1) is 14.0. The number of nitrogens with zero attached hydrogens (tertiary/aromatic N) is 2. The molecule has 0 saturated heterocycles. The molecule has 0 aliphatic carbocycles. The molecule has 1 unspecified atom stereocenters. The summed E-state index contributed by atoms with van der Waals surface area (Å²) in [6, 6.07) is 14.3. The zero-order valence-electron chi connectivity index (χ0n) is 13.3. The lowest BCUT2D eigenvalue weighted by Crippen LogP contribution is -2.19. The van der Waals surface area contributed by atoms with E-state index >= 15 is 0 Å². The van der Waals surface area contributed by atoms with Crippen LogP contribution >= 0.6 is 0 Å². The van der Waals surface area contributed by atoms with Gasteiger partial charge in [-0.1, -0.05) is 24.3 Å². The number of imidazole rings is 1. The van der Waals surface area contributed by atoms with Crippen LogP contribution < -0.4 is 5.32 Å². The highest BCUT2D eigenvalue weighted by Crippen LogP contribution is 2.29. The van der Waals surface area contributed by atoms with Crippen LogP contribution in [0.3, 0.4) is 0 Å². The van der Waals surface area contributed by atoms with E-state index in [1.54, 1.807) is 0 Å². The van der Waals surface area contributed by atoms with Gasteiger partial charge in [-0.2, -0.15) is 0 Å².